The summed E-state index contributed by atoms with van der Waals surface area (Å²) < 4.78 is 0. The highest BCUT2D eigenvalue weighted by Gasteiger charge is 2.07. The molecule has 2 rings (SSSR count). The second-order valence-electron chi connectivity index (χ2n) is 4.59. The van der Waals surface area contributed by atoms with E-state index in [1.165, 1.54) is 11.8 Å². The second-order valence-corrected chi connectivity index (χ2v) is 5.03. The number of carbonyl (C=O) groups is 1. The predicted octanol–water partition coefficient (Wildman–Crippen LogP) is 4.11. The van der Waals surface area contributed by atoms with Crippen molar-refractivity contribution in [2.75, 3.05) is 5.32 Å². The molecular formula is C15H15ClN2O. The summed E-state index contributed by atoms with van der Waals surface area (Å²) in [6, 6.07) is 10.9. The molecule has 1 amide bonds. The summed E-state index contributed by atoms with van der Waals surface area (Å²) >= 11 is 5.74. The molecule has 1 aromatic carbocycles. The lowest BCUT2D eigenvalue weighted by Gasteiger charge is -2.07. The van der Waals surface area contributed by atoms with Crippen LogP contribution in [-0.2, 0) is 0 Å². The van der Waals surface area contributed by atoms with E-state index < -0.39 is 0 Å². The fourth-order valence-corrected chi connectivity index (χ4v) is 1.77. The van der Waals surface area contributed by atoms with Gasteiger partial charge >= 0.3 is 0 Å². The molecule has 19 heavy (non-hydrogen) atoms. The van der Waals surface area contributed by atoms with Gasteiger partial charge in [0.05, 0.1) is 5.02 Å². The Hall–Kier alpha value is -1.87. The predicted molar refractivity (Wildman–Crippen MR) is 77.7 cm³/mol. The van der Waals surface area contributed by atoms with E-state index >= 15 is 0 Å². The van der Waals surface area contributed by atoms with E-state index in [1.54, 1.807) is 12.1 Å². The van der Waals surface area contributed by atoms with Crippen molar-refractivity contribution in [3.05, 3.63) is 58.7 Å². The van der Waals surface area contributed by atoms with Gasteiger partial charge in [0.15, 0.2) is 0 Å². The molecule has 0 bridgehead atoms. The van der Waals surface area contributed by atoms with Gasteiger partial charge in [-0.15, -0.1) is 0 Å². The van der Waals surface area contributed by atoms with Crippen LogP contribution in [0.1, 0.15) is 35.7 Å². The van der Waals surface area contributed by atoms with Crippen molar-refractivity contribution in [2.24, 2.45) is 0 Å². The molecule has 1 heterocycles. The number of hydrogen-bond donors (Lipinski definition) is 1. The normalized spacial score (nSPS) is 10.5. The first-order valence-corrected chi connectivity index (χ1v) is 6.47. The first-order valence-electron chi connectivity index (χ1n) is 6.09. The SMILES string of the molecule is CC(C)c1ccc(C(=O)Nc2ccc(Cl)cn2)cc1. The number of halogens is 1. The van der Waals surface area contributed by atoms with Crippen LogP contribution in [0.3, 0.4) is 0 Å². The molecule has 0 saturated heterocycles. The number of nitrogens with one attached hydrogen (secondary N) is 1. The van der Waals surface area contributed by atoms with Crippen LogP contribution in [0, 0.1) is 0 Å². The van der Waals surface area contributed by atoms with E-state index in [1.807, 2.05) is 24.3 Å². The third kappa shape index (κ3) is 3.55. The minimum atomic E-state index is -0.176. The lowest BCUT2D eigenvalue weighted by atomic mass is 10.0. The Kier molecular flexibility index (Phi) is 4.17. The minimum Gasteiger partial charge on any atom is -0.307 e. The highest BCUT2D eigenvalue weighted by Crippen LogP contribution is 2.16. The average Bonchev–Trinajstić information content (AvgIpc) is 2.41. The first kappa shape index (κ1) is 13.6. The van der Waals surface area contributed by atoms with E-state index in [-0.39, 0.29) is 5.91 Å². The molecule has 4 heteroatoms. The number of rotatable bonds is 3. The minimum absolute atomic E-state index is 0.176. The second kappa shape index (κ2) is 5.85. The summed E-state index contributed by atoms with van der Waals surface area (Å²) in [4.78, 5) is 16.0. The standard InChI is InChI=1S/C15H15ClN2O/c1-10(2)11-3-5-12(6-4-11)15(19)18-14-8-7-13(16)9-17-14/h3-10H,1-2H3,(H,17,18,19). The number of hydrogen-bond acceptors (Lipinski definition) is 2. The summed E-state index contributed by atoms with van der Waals surface area (Å²) in [5, 5.41) is 3.27. The molecule has 0 atom stereocenters. The number of aromatic nitrogens is 1. The molecule has 98 valence electrons. The number of amides is 1. The lowest BCUT2D eigenvalue weighted by molar-refractivity contribution is 0.102. The highest BCUT2D eigenvalue weighted by atomic mass is 35.5. The van der Waals surface area contributed by atoms with Crippen molar-refractivity contribution in [2.45, 2.75) is 19.8 Å². The molecule has 1 aromatic heterocycles. The summed E-state index contributed by atoms with van der Waals surface area (Å²) in [5.74, 6) is 0.766. The summed E-state index contributed by atoms with van der Waals surface area (Å²) in [6.07, 6.45) is 1.50. The van der Waals surface area contributed by atoms with E-state index in [0.717, 1.165) is 0 Å². The molecule has 3 nitrogen and oxygen atoms in total. The van der Waals surface area contributed by atoms with Gasteiger partial charge in [0.25, 0.3) is 5.91 Å². The van der Waals surface area contributed by atoms with Gasteiger partial charge in [-0.1, -0.05) is 37.6 Å². The van der Waals surface area contributed by atoms with Gasteiger partial charge in [0.2, 0.25) is 0 Å². The van der Waals surface area contributed by atoms with Crippen molar-refractivity contribution in [3.63, 3.8) is 0 Å². The van der Waals surface area contributed by atoms with Crippen LogP contribution < -0.4 is 5.32 Å². The number of pyridine rings is 1. The number of carbonyl (C=O) groups excluding carboxylic acids is 1. The number of nitrogens with zero attached hydrogens (tertiary/aromatic N) is 1. The average molecular weight is 275 g/mol. The van der Waals surface area contributed by atoms with Crippen LogP contribution in [0.15, 0.2) is 42.6 Å². The monoisotopic (exact) mass is 274 g/mol. The summed E-state index contributed by atoms with van der Waals surface area (Å²) in [7, 11) is 0. The van der Waals surface area contributed by atoms with Gasteiger partial charge < -0.3 is 5.32 Å². The molecule has 0 fully saturated rings. The van der Waals surface area contributed by atoms with Gasteiger partial charge in [0.1, 0.15) is 5.82 Å². The number of anilines is 1. The first-order chi connectivity index (χ1) is 9.06. The molecular weight excluding hydrogens is 260 g/mol. The molecule has 0 aliphatic heterocycles. The molecule has 2 aromatic rings. The topological polar surface area (TPSA) is 42.0 Å². The zero-order chi connectivity index (χ0) is 13.8. The lowest BCUT2D eigenvalue weighted by Crippen LogP contribution is -2.12. The molecule has 0 saturated carbocycles. The van der Waals surface area contributed by atoms with E-state index in [9.17, 15) is 4.79 Å². The van der Waals surface area contributed by atoms with Crippen molar-refractivity contribution < 1.29 is 4.79 Å². The van der Waals surface area contributed by atoms with Gasteiger partial charge in [-0.3, -0.25) is 4.79 Å². The maximum Gasteiger partial charge on any atom is 0.256 e. The van der Waals surface area contributed by atoms with Crippen LogP contribution in [0.25, 0.3) is 0 Å². The zero-order valence-electron chi connectivity index (χ0n) is 10.9. The van der Waals surface area contributed by atoms with Gasteiger partial charge in [0, 0.05) is 11.8 Å². The Balaban J connectivity index is 2.09. The Morgan fingerprint density at radius 3 is 2.37 bits per heavy atom. The van der Waals surface area contributed by atoms with Crippen molar-refractivity contribution in [1.29, 1.82) is 0 Å². The quantitative estimate of drug-likeness (QED) is 0.915. The molecule has 0 aliphatic rings. The van der Waals surface area contributed by atoms with E-state index in [4.69, 9.17) is 11.6 Å². The van der Waals surface area contributed by atoms with Crippen LogP contribution in [-0.4, -0.2) is 10.9 Å². The van der Waals surface area contributed by atoms with E-state index in [2.05, 4.69) is 24.1 Å². The summed E-state index contributed by atoms with van der Waals surface area (Å²) in [6.45, 7) is 4.24. The third-order valence-corrected chi connectivity index (χ3v) is 3.03. The van der Waals surface area contributed by atoms with Crippen LogP contribution >= 0.6 is 11.6 Å². The molecule has 0 spiro atoms. The molecule has 0 unspecified atom stereocenters. The Bertz CT molecular complexity index is 562. The van der Waals surface area contributed by atoms with Gasteiger partial charge in [-0.25, -0.2) is 4.98 Å². The molecule has 1 N–H and O–H groups in total. The Morgan fingerprint density at radius 1 is 1.16 bits per heavy atom. The van der Waals surface area contributed by atoms with Crippen molar-refractivity contribution >= 4 is 23.3 Å². The van der Waals surface area contributed by atoms with Crippen LogP contribution in [0.5, 0.6) is 0 Å². The molecule has 0 radical (unpaired) electrons. The van der Waals surface area contributed by atoms with Gasteiger partial charge in [-0.05, 0) is 35.7 Å². The van der Waals surface area contributed by atoms with Crippen molar-refractivity contribution in [1.82, 2.24) is 4.98 Å². The zero-order valence-corrected chi connectivity index (χ0v) is 11.6. The highest BCUT2D eigenvalue weighted by molar-refractivity contribution is 6.30. The summed E-state index contributed by atoms with van der Waals surface area (Å²) in [5.41, 5.74) is 1.82. The van der Waals surface area contributed by atoms with E-state index in [0.29, 0.717) is 22.3 Å². The Labute approximate surface area is 117 Å². The smallest absolute Gasteiger partial charge is 0.256 e. The number of benzene rings is 1. The fraction of sp³-hybridized carbons (Fsp3) is 0.200. The van der Waals surface area contributed by atoms with Crippen molar-refractivity contribution in [3.8, 4) is 0 Å². The van der Waals surface area contributed by atoms with Gasteiger partial charge in [-0.2, -0.15) is 0 Å². The fourth-order valence-electron chi connectivity index (χ4n) is 1.66. The largest absolute Gasteiger partial charge is 0.307 e. The van der Waals surface area contributed by atoms with Crippen LogP contribution in [0.4, 0.5) is 5.82 Å². The Morgan fingerprint density at radius 2 is 1.84 bits per heavy atom. The molecule has 0 aliphatic carbocycles. The van der Waals surface area contributed by atoms with Crippen LogP contribution in [0.2, 0.25) is 5.02 Å². The maximum absolute atomic E-state index is 12.0. The third-order valence-electron chi connectivity index (χ3n) is 2.81. The maximum atomic E-state index is 12.0.